The van der Waals surface area contributed by atoms with Crippen molar-refractivity contribution in [1.29, 1.82) is 0 Å². The van der Waals surface area contributed by atoms with E-state index >= 15 is 0 Å². The molecule has 6 nitrogen and oxygen atoms in total. The Morgan fingerprint density at radius 1 is 1.21 bits per heavy atom. The fourth-order valence-electron chi connectivity index (χ4n) is 2.79. The Morgan fingerprint density at radius 2 is 1.88 bits per heavy atom. The molecule has 0 bridgehead atoms. The minimum absolute atomic E-state index is 0.253. The lowest BCUT2D eigenvalue weighted by Gasteiger charge is -2.27. The molecular formula is C17H28N4O2S. The first-order valence-electron chi connectivity index (χ1n) is 8.50. The quantitative estimate of drug-likeness (QED) is 0.627. The molecule has 1 heterocycles. The third-order valence-corrected chi connectivity index (χ3v) is 6.00. The van der Waals surface area contributed by atoms with E-state index in [-0.39, 0.29) is 6.04 Å². The van der Waals surface area contributed by atoms with Crippen LogP contribution in [0.3, 0.4) is 0 Å². The zero-order valence-corrected chi connectivity index (χ0v) is 15.6. The SMILES string of the molecule is CN=C(NCc1ccccc1S(=O)(=O)N1CCCCC1)NC(C)C. The zero-order chi connectivity index (χ0) is 17.6. The summed E-state index contributed by atoms with van der Waals surface area (Å²) in [5.74, 6) is 0.662. The van der Waals surface area contributed by atoms with Crippen molar-refractivity contribution in [3.63, 3.8) is 0 Å². The Hall–Kier alpha value is -1.60. The van der Waals surface area contributed by atoms with Crippen LogP contribution >= 0.6 is 0 Å². The fourth-order valence-corrected chi connectivity index (χ4v) is 4.53. The molecule has 1 aliphatic heterocycles. The minimum Gasteiger partial charge on any atom is -0.354 e. The molecule has 2 N–H and O–H groups in total. The van der Waals surface area contributed by atoms with E-state index in [0.717, 1.165) is 24.8 Å². The van der Waals surface area contributed by atoms with Crippen molar-refractivity contribution < 1.29 is 8.42 Å². The summed E-state index contributed by atoms with van der Waals surface area (Å²) in [6, 6.07) is 7.45. The Balaban J connectivity index is 2.18. The van der Waals surface area contributed by atoms with E-state index in [2.05, 4.69) is 15.6 Å². The first-order valence-corrected chi connectivity index (χ1v) is 9.94. The van der Waals surface area contributed by atoms with Crippen molar-refractivity contribution in [2.45, 2.75) is 50.6 Å². The standard InChI is InChI=1S/C17H28N4O2S/c1-14(2)20-17(18-3)19-13-15-9-5-6-10-16(15)24(22,23)21-11-7-4-8-12-21/h5-6,9-10,14H,4,7-8,11-13H2,1-3H3,(H2,18,19,20). The number of benzene rings is 1. The van der Waals surface area contributed by atoms with E-state index in [0.29, 0.717) is 30.5 Å². The third kappa shape index (κ3) is 4.70. The van der Waals surface area contributed by atoms with Gasteiger partial charge in [-0.25, -0.2) is 8.42 Å². The molecule has 0 aliphatic carbocycles. The zero-order valence-electron chi connectivity index (χ0n) is 14.7. The van der Waals surface area contributed by atoms with Crippen LogP contribution in [0.4, 0.5) is 0 Å². The molecule has 0 saturated carbocycles. The highest BCUT2D eigenvalue weighted by Crippen LogP contribution is 2.23. The van der Waals surface area contributed by atoms with Crippen molar-refractivity contribution in [3.05, 3.63) is 29.8 Å². The first kappa shape index (κ1) is 18.7. The van der Waals surface area contributed by atoms with Crippen molar-refractivity contribution in [2.75, 3.05) is 20.1 Å². The maximum absolute atomic E-state index is 13.0. The lowest BCUT2D eigenvalue weighted by molar-refractivity contribution is 0.346. The molecule has 7 heteroatoms. The van der Waals surface area contributed by atoms with E-state index in [9.17, 15) is 8.42 Å². The summed E-state index contributed by atoms with van der Waals surface area (Å²) in [6.07, 6.45) is 2.97. The van der Waals surface area contributed by atoms with Gasteiger partial charge in [-0.05, 0) is 38.3 Å². The number of nitrogens with zero attached hydrogens (tertiary/aromatic N) is 2. The highest BCUT2D eigenvalue weighted by Gasteiger charge is 2.27. The molecule has 24 heavy (non-hydrogen) atoms. The summed E-state index contributed by atoms with van der Waals surface area (Å²) < 4.78 is 27.5. The first-order chi connectivity index (χ1) is 11.4. The van der Waals surface area contributed by atoms with Crippen LogP contribution in [0.1, 0.15) is 38.7 Å². The Bertz CT molecular complexity index is 665. The molecule has 0 aromatic heterocycles. The van der Waals surface area contributed by atoms with Gasteiger partial charge in [0.1, 0.15) is 0 Å². The highest BCUT2D eigenvalue weighted by atomic mass is 32.2. The minimum atomic E-state index is -3.44. The van der Waals surface area contributed by atoms with Gasteiger partial charge in [0, 0.05) is 32.7 Å². The summed E-state index contributed by atoms with van der Waals surface area (Å²) in [4.78, 5) is 4.55. The number of sulfonamides is 1. The van der Waals surface area contributed by atoms with Gasteiger partial charge >= 0.3 is 0 Å². The number of aliphatic imine (C=N–C) groups is 1. The van der Waals surface area contributed by atoms with Crippen molar-refractivity contribution >= 4 is 16.0 Å². The fraction of sp³-hybridized carbons (Fsp3) is 0.588. The molecule has 0 radical (unpaired) electrons. The van der Waals surface area contributed by atoms with Crippen molar-refractivity contribution in [3.8, 4) is 0 Å². The summed E-state index contributed by atoms with van der Waals surface area (Å²) >= 11 is 0. The van der Waals surface area contributed by atoms with Gasteiger partial charge < -0.3 is 10.6 Å². The molecule has 1 aromatic carbocycles. The van der Waals surface area contributed by atoms with E-state index in [4.69, 9.17) is 0 Å². The van der Waals surface area contributed by atoms with Crippen LogP contribution in [-0.2, 0) is 16.6 Å². The molecule has 1 aliphatic rings. The van der Waals surface area contributed by atoms with Gasteiger partial charge in [-0.3, -0.25) is 4.99 Å². The van der Waals surface area contributed by atoms with Crippen LogP contribution in [0, 0.1) is 0 Å². The smallest absolute Gasteiger partial charge is 0.243 e. The maximum Gasteiger partial charge on any atom is 0.243 e. The molecule has 1 fully saturated rings. The van der Waals surface area contributed by atoms with Crippen LogP contribution in [0.2, 0.25) is 0 Å². The second kappa shape index (κ2) is 8.48. The molecule has 134 valence electrons. The van der Waals surface area contributed by atoms with E-state index in [1.54, 1.807) is 23.5 Å². The van der Waals surface area contributed by atoms with Gasteiger partial charge in [0.15, 0.2) is 5.96 Å². The lowest BCUT2D eigenvalue weighted by atomic mass is 10.2. The van der Waals surface area contributed by atoms with Crippen LogP contribution in [0.15, 0.2) is 34.2 Å². The molecule has 0 atom stereocenters. The van der Waals surface area contributed by atoms with Crippen LogP contribution in [0.25, 0.3) is 0 Å². The van der Waals surface area contributed by atoms with E-state index < -0.39 is 10.0 Å². The van der Waals surface area contributed by atoms with Gasteiger partial charge in [-0.15, -0.1) is 0 Å². The van der Waals surface area contributed by atoms with Gasteiger partial charge in [0.05, 0.1) is 4.90 Å². The Kier molecular flexibility index (Phi) is 6.62. The Labute approximate surface area is 145 Å². The van der Waals surface area contributed by atoms with Crippen molar-refractivity contribution in [2.24, 2.45) is 4.99 Å². The largest absolute Gasteiger partial charge is 0.354 e. The summed E-state index contributed by atoms with van der Waals surface area (Å²) in [5.41, 5.74) is 0.759. The van der Waals surface area contributed by atoms with Crippen LogP contribution in [-0.4, -0.2) is 44.9 Å². The topological polar surface area (TPSA) is 73.8 Å². The summed E-state index contributed by atoms with van der Waals surface area (Å²) in [6.45, 7) is 5.69. The molecular weight excluding hydrogens is 324 g/mol. The maximum atomic E-state index is 13.0. The average Bonchev–Trinajstić information content (AvgIpc) is 2.59. The van der Waals surface area contributed by atoms with Gasteiger partial charge in [0.25, 0.3) is 0 Å². The number of hydrogen-bond donors (Lipinski definition) is 2. The number of piperidine rings is 1. The third-order valence-electron chi connectivity index (χ3n) is 4.00. The predicted molar refractivity (Wildman–Crippen MR) is 97.5 cm³/mol. The second-order valence-electron chi connectivity index (χ2n) is 6.30. The van der Waals surface area contributed by atoms with E-state index in [1.807, 2.05) is 26.0 Å². The predicted octanol–water partition coefficient (Wildman–Crippen LogP) is 1.93. The summed E-state index contributed by atoms with van der Waals surface area (Å²) in [7, 11) is -1.73. The lowest BCUT2D eigenvalue weighted by Crippen LogP contribution is -2.41. The number of rotatable bonds is 5. The van der Waals surface area contributed by atoms with Gasteiger partial charge in [-0.1, -0.05) is 24.6 Å². The Morgan fingerprint density at radius 3 is 2.50 bits per heavy atom. The number of nitrogens with one attached hydrogen (secondary N) is 2. The van der Waals surface area contributed by atoms with Gasteiger partial charge in [0.2, 0.25) is 10.0 Å². The molecule has 1 saturated heterocycles. The van der Waals surface area contributed by atoms with E-state index in [1.165, 1.54) is 0 Å². The van der Waals surface area contributed by atoms with Gasteiger partial charge in [-0.2, -0.15) is 4.31 Å². The second-order valence-corrected chi connectivity index (χ2v) is 8.20. The highest BCUT2D eigenvalue weighted by molar-refractivity contribution is 7.89. The van der Waals surface area contributed by atoms with Crippen molar-refractivity contribution in [1.82, 2.24) is 14.9 Å². The van der Waals surface area contributed by atoms with Crippen LogP contribution in [0.5, 0.6) is 0 Å². The molecule has 1 aromatic rings. The monoisotopic (exact) mass is 352 g/mol. The number of guanidine groups is 1. The molecule has 2 rings (SSSR count). The van der Waals surface area contributed by atoms with Crippen LogP contribution < -0.4 is 10.6 Å². The average molecular weight is 353 g/mol. The summed E-state index contributed by atoms with van der Waals surface area (Å²) in [5, 5.41) is 6.39. The molecule has 0 spiro atoms. The number of hydrogen-bond acceptors (Lipinski definition) is 3. The normalized spacial score (nSPS) is 17.1. The molecule has 0 unspecified atom stereocenters. The molecule has 0 amide bonds.